The molecule has 178 valence electrons. The predicted molar refractivity (Wildman–Crippen MR) is 140 cm³/mol. The number of carbonyl (C=O) groups is 1. The molecule has 0 bridgehead atoms. The number of benzene rings is 4. The Kier molecular flexibility index (Phi) is 6.60. The van der Waals surface area contributed by atoms with Gasteiger partial charge >= 0.3 is 5.97 Å². The molecule has 0 atom stereocenters. The third-order valence-corrected chi connectivity index (χ3v) is 5.57. The van der Waals surface area contributed by atoms with E-state index in [4.69, 9.17) is 13.9 Å². The number of hydrogen-bond acceptors (Lipinski definition) is 6. The zero-order valence-electron chi connectivity index (χ0n) is 19.5. The second-order valence-electron chi connectivity index (χ2n) is 8.05. The number of ether oxygens (including phenoxy) is 2. The summed E-state index contributed by atoms with van der Waals surface area (Å²) >= 11 is 0. The lowest BCUT2D eigenvalue weighted by molar-refractivity contribution is -0.129. The molecule has 0 saturated heterocycles. The first-order valence-corrected chi connectivity index (χ1v) is 11.4. The van der Waals surface area contributed by atoms with Gasteiger partial charge in [-0.15, -0.1) is 0 Å². The van der Waals surface area contributed by atoms with E-state index in [9.17, 15) is 14.9 Å². The van der Waals surface area contributed by atoms with Crippen molar-refractivity contribution in [2.24, 2.45) is 0 Å². The van der Waals surface area contributed by atoms with Gasteiger partial charge in [-0.3, -0.25) is 4.79 Å². The van der Waals surface area contributed by atoms with Crippen LogP contribution in [-0.4, -0.2) is 5.97 Å². The first kappa shape index (κ1) is 23.3. The summed E-state index contributed by atoms with van der Waals surface area (Å²) in [5.74, 6) is -0.152. The maximum atomic E-state index is 13.0. The molecule has 0 aliphatic carbocycles. The third-order valence-electron chi connectivity index (χ3n) is 5.57. The van der Waals surface area contributed by atoms with Gasteiger partial charge in [-0.05, 0) is 47.0 Å². The van der Waals surface area contributed by atoms with Crippen LogP contribution in [0.1, 0.15) is 5.56 Å². The average molecular weight is 485 g/mol. The summed E-state index contributed by atoms with van der Waals surface area (Å²) in [5.41, 5.74) is 2.49. The molecular weight excluding hydrogens is 466 g/mol. The van der Waals surface area contributed by atoms with Gasteiger partial charge in [0.1, 0.15) is 35.0 Å². The lowest BCUT2D eigenvalue weighted by Gasteiger charge is -2.08. The number of esters is 1. The molecule has 0 aliphatic heterocycles. The minimum Gasteiger partial charge on any atom is -0.460 e. The average Bonchev–Trinajstić information content (AvgIpc) is 2.94. The first-order chi connectivity index (χ1) is 18.1. The van der Waals surface area contributed by atoms with Gasteiger partial charge in [-0.25, -0.2) is 4.79 Å². The Hall–Kier alpha value is -5.41. The van der Waals surface area contributed by atoms with Crippen molar-refractivity contribution < 1.29 is 18.7 Å². The first-order valence-electron chi connectivity index (χ1n) is 11.4. The van der Waals surface area contributed by atoms with Crippen LogP contribution < -0.4 is 14.9 Å². The number of nitrogens with zero attached hydrogens (tertiary/aromatic N) is 1. The zero-order chi connectivity index (χ0) is 25.6. The summed E-state index contributed by atoms with van der Waals surface area (Å²) in [4.78, 5) is 25.5. The van der Waals surface area contributed by atoms with Crippen LogP contribution in [0, 0.1) is 11.3 Å². The number of rotatable bonds is 6. The summed E-state index contributed by atoms with van der Waals surface area (Å²) in [5, 5.41) is 9.64. The van der Waals surface area contributed by atoms with E-state index in [2.05, 4.69) is 0 Å². The largest absolute Gasteiger partial charge is 0.460 e. The van der Waals surface area contributed by atoms with Gasteiger partial charge in [0.2, 0.25) is 11.2 Å². The van der Waals surface area contributed by atoms with Crippen LogP contribution >= 0.6 is 0 Å². The van der Waals surface area contributed by atoms with Crippen LogP contribution in [0.25, 0.3) is 28.2 Å². The van der Waals surface area contributed by atoms with E-state index in [0.29, 0.717) is 11.3 Å². The number of fused-ring (bicyclic) bond motifs is 1. The molecule has 0 aliphatic rings. The predicted octanol–water partition coefficient (Wildman–Crippen LogP) is 6.76. The van der Waals surface area contributed by atoms with Gasteiger partial charge in [0, 0.05) is 6.07 Å². The Morgan fingerprint density at radius 1 is 0.811 bits per heavy atom. The molecule has 0 saturated carbocycles. The molecule has 4 aromatic carbocycles. The van der Waals surface area contributed by atoms with Crippen molar-refractivity contribution >= 4 is 23.0 Å². The molecule has 6 nitrogen and oxygen atoms in total. The minimum absolute atomic E-state index is 0.0299. The van der Waals surface area contributed by atoms with Crippen molar-refractivity contribution in [3.63, 3.8) is 0 Å². The van der Waals surface area contributed by atoms with Crippen molar-refractivity contribution in [1.29, 1.82) is 5.26 Å². The fourth-order valence-electron chi connectivity index (χ4n) is 3.71. The van der Waals surface area contributed by atoms with Crippen molar-refractivity contribution in [3.05, 3.63) is 131 Å². The van der Waals surface area contributed by atoms with Crippen LogP contribution in [0.3, 0.4) is 0 Å². The van der Waals surface area contributed by atoms with Gasteiger partial charge in [-0.2, -0.15) is 5.26 Å². The molecule has 1 heterocycles. The third kappa shape index (κ3) is 5.31. The minimum atomic E-state index is -0.813. The highest BCUT2D eigenvalue weighted by Gasteiger charge is 2.15. The van der Waals surface area contributed by atoms with Crippen molar-refractivity contribution in [3.8, 4) is 34.4 Å². The Morgan fingerprint density at radius 3 is 2.16 bits per heavy atom. The molecule has 0 amide bonds. The molecule has 6 heteroatoms. The smallest absolute Gasteiger partial charge is 0.354 e. The molecule has 0 radical (unpaired) electrons. The zero-order valence-corrected chi connectivity index (χ0v) is 19.5. The van der Waals surface area contributed by atoms with Gasteiger partial charge in [-0.1, -0.05) is 72.8 Å². The molecule has 5 rings (SSSR count). The van der Waals surface area contributed by atoms with E-state index in [1.165, 1.54) is 30.5 Å². The summed E-state index contributed by atoms with van der Waals surface area (Å²) in [6, 6.07) is 32.5. The lowest BCUT2D eigenvalue weighted by Crippen LogP contribution is -2.10. The monoisotopic (exact) mass is 485 g/mol. The number of carbonyl (C=O) groups excluding carboxylic acids is 1. The second kappa shape index (κ2) is 10.5. The highest BCUT2D eigenvalue weighted by atomic mass is 16.5. The highest BCUT2D eigenvalue weighted by Crippen LogP contribution is 2.27. The van der Waals surface area contributed by atoms with Gasteiger partial charge in [0.15, 0.2) is 0 Å². The second-order valence-corrected chi connectivity index (χ2v) is 8.05. The Labute approximate surface area is 212 Å². The molecule has 0 N–H and O–H groups in total. The number of nitriles is 1. The fraction of sp³-hybridized carbons (Fsp3) is 0. The van der Waals surface area contributed by atoms with Crippen LogP contribution in [0.4, 0.5) is 0 Å². The summed E-state index contributed by atoms with van der Waals surface area (Å²) in [6.07, 6.45) is 2.66. The van der Waals surface area contributed by atoms with Crippen molar-refractivity contribution in [2.75, 3.05) is 0 Å². The standard InChI is InChI=1S/C31H19NO5/c32-19-24(17-21-7-3-1-4-8-21)31(34)37-26-15-16-27-28(18-26)35-20-29(30(27)33)36-25-13-11-23(12-14-25)22-9-5-2-6-10-22/h1-18,20H/b24-17+. The number of hydrogen-bond donors (Lipinski definition) is 0. The highest BCUT2D eigenvalue weighted by molar-refractivity contribution is 5.99. The SMILES string of the molecule is N#C/C(=C\c1ccccc1)C(=O)Oc1ccc2c(=O)c(Oc3ccc(-c4ccccc4)cc3)coc2c1. The topological polar surface area (TPSA) is 89.5 Å². The van der Waals surface area contributed by atoms with Crippen molar-refractivity contribution in [1.82, 2.24) is 0 Å². The van der Waals surface area contributed by atoms with Crippen LogP contribution in [0.2, 0.25) is 0 Å². The van der Waals surface area contributed by atoms with Crippen LogP contribution in [-0.2, 0) is 4.79 Å². The molecule has 0 spiro atoms. The van der Waals surface area contributed by atoms with E-state index in [1.54, 1.807) is 36.4 Å². The molecular formula is C31H19NO5. The Balaban J connectivity index is 1.33. The Bertz CT molecular complexity index is 1700. The van der Waals surface area contributed by atoms with Gasteiger partial charge in [0.05, 0.1) is 5.39 Å². The summed E-state index contributed by atoms with van der Waals surface area (Å²) < 4.78 is 16.7. The molecule has 0 fully saturated rings. The van der Waals surface area contributed by atoms with Gasteiger partial charge in [0.25, 0.3) is 0 Å². The summed E-state index contributed by atoms with van der Waals surface area (Å²) in [6.45, 7) is 0. The quantitative estimate of drug-likeness (QED) is 0.114. The fourth-order valence-corrected chi connectivity index (χ4v) is 3.71. The Morgan fingerprint density at radius 2 is 1.46 bits per heavy atom. The van der Waals surface area contributed by atoms with E-state index < -0.39 is 5.97 Å². The van der Waals surface area contributed by atoms with E-state index in [-0.39, 0.29) is 33.5 Å². The van der Waals surface area contributed by atoms with E-state index >= 15 is 0 Å². The molecule has 37 heavy (non-hydrogen) atoms. The molecule has 1 aromatic heterocycles. The van der Waals surface area contributed by atoms with Crippen LogP contribution in [0.15, 0.2) is 124 Å². The maximum Gasteiger partial charge on any atom is 0.354 e. The lowest BCUT2D eigenvalue weighted by atomic mass is 10.1. The normalized spacial score (nSPS) is 11.1. The van der Waals surface area contributed by atoms with Crippen LogP contribution in [0.5, 0.6) is 17.2 Å². The molecule has 5 aromatic rings. The van der Waals surface area contributed by atoms with E-state index in [0.717, 1.165) is 11.1 Å². The maximum absolute atomic E-state index is 13.0. The van der Waals surface area contributed by atoms with Crippen molar-refractivity contribution in [2.45, 2.75) is 0 Å². The van der Waals surface area contributed by atoms with Gasteiger partial charge < -0.3 is 13.9 Å². The molecule has 0 unspecified atom stereocenters. The summed E-state index contributed by atoms with van der Waals surface area (Å²) in [7, 11) is 0. The van der Waals surface area contributed by atoms with E-state index in [1.807, 2.05) is 54.6 Å².